The smallest absolute Gasteiger partial charge is 0.313 e. The Morgan fingerprint density at radius 3 is 1.25 bits per heavy atom. The van der Waals surface area contributed by atoms with Crippen LogP contribution in [-0.2, 0) is 42.6 Å². The molecule has 0 aliphatic rings. The maximum absolute atomic E-state index is 14.3. The molecule has 10 heteroatoms. The van der Waals surface area contributed by atoms with E-state index < -0.39 is 38.3 Å². The molecule has 0 fully saturated rings. The van der Waals surface area contributed by atoms with E-state index in [1.807, 2.05) is 0 Å². The van der Waals surface area contributed by atoms with E-state index in [0.29, 0.717) is 51.7 Å². The molecule has 9 nitrogen and oxygen atoms in total. The van der Waals surface area contributed by atoms with Crippen LogP contribution in [0.2, 0.25) is 0 Å². The molecule has 0 aliphatic heterocycles. The maximum atomic E-state index is 14.3. The Balaban J connectivity index is 7.96. The topological polar surface area (TPSA) is 107 Å². The van der Waals surface area contributed by atoms with E-state index in [1.54, 1.807) is 0 Å². The SMILES string of the molecule is C=CC(=O)C(CCCCC)OC(OCCCCCC)(P=O)C(OCCCCCC)(OC(CCCCC)C(=O)C=C)C(OCCCCCC)OCCCCCC. The Hall–Kier alpha value is -1.32. The normalized spacial score (nSPS) is 15.1. The van der Waals surface area contributed by atoms with Gasteiger partial charge in [-0.1, -0.05) is 170 Å². The zero-order chi connectivity index (χ0) is 41.0. The van der Waals surface area contributed by atoms with Crippen LogP contribution in [0, 0.1) is 0 Å². The molecule has 0 heterocycles. The van der Waals surface area contributed by atoms with E-state index in [0.717, 1.165) is 116 Å². The molecule has 0 saturated carbocycles. The van der Waals surface area contributed by atoms with Crippen molar-refractivity contribution in [2.24, 2.45) is 0 Å². The first-order valence-corrected chi connectivity index (χ1v) is 23.1. The average Bonchev–Trinajstić information content (AvgIpc) is 3.20. The zero-order valence-corrected chi connectivity index (χ0v) is 37.1. The molecule has 0 rings (SSSR count). The highest BCUT2D eigenvalue weighted by atomic mass is 31.1. The quantitative estimate of drug-likeness (QED) is 0.0258. The van der Waals surface area contributed by atoms with Gasteiger partial charge in [-0.25, -0.2) is 0 Å². The summed E-state index contributed by atoms with van der Waals surface area (Å²) in [5.41, 5.74) is -2.26. The van der Waals surface area contributed by atoms with Crippen molar-refractivity contribution in [1.29, 1.82) is 0 Å². The summed E-state index contributed by atoms with van der Waals surface area (Å²) in [5, 5.41) is 0. The van der Waals surface area contributed by atoms with Crippen LogP contribution in [0.5, 0.6) is 0 Å². The van der Waals surface area contributed by atoms with Crippen molar-refractivity contribution in [2.75, 3.05) is 26.4 Å². The van der Waals surface area contributed by atoms with Crippen molar-refractivity contribution >= 4 is 20.0 Å². The molecule has 0 spiro atoms. The highest BCUT2D eigenvalue weighted by molar-refractivity contribution is 7.25. The van der Waals surface area contributed by atoms with E-state index in [2.05, 4.69) is 54.7 Å². The lowest BCUT2D eigenvalue weighted by molar-refractivity contribution is -0.445. The number of ether oxygens (including phenoxy) is 6. The summed E-state index contributed by atoms with van der Waals surface area (Å²) in [6, 6.07) is 0. The molecule has 55 heavy (non-hydrogen) atoms. The predicted molar refractivity (Wildman–Crippen MR) is 226 cm³/mol. The second-order valence-corrected chi connectivity index (χ2v) is 15.5. The number of unbranched alkanes of at least 4 members (excludes halogenated alkanes) is 16. The molecule has 0 aromatic heterocycles. The van der Waals surface area contributed by atoms with Crippen LogP contribution in [0.25, 0.3) is 0 Å². The van der Waals surface area contributed by atoms with Crippen LogP contribution in [-0.4, -0.2) is 67.8 Å². The fourth-order valence-corrected chi connectivity index (χ4v) is 7.01. The van der Waals surface area contributed by atoms with Gasteiger partial charge in [0.05, 0.1) is 13.2 Å². The number of hydrogen-bond donors (Lipinski definition) is 0. The summed E-state index contributed by atoms with van der Waals surface area (Å²) in [6.45, 7) is 21.2. The standard InChI is InChI=1S/C45H83O9P/c1-9-17-23-29-35-49-43(50-36-30-24-18-10-2)44(51-37-31-25-19-11-3,53-41(39(46)15-7)33-27-21-13-5)45(55-48,52-38-32-26-20-12-4)54-42(40(47)16-8)34-28-22-14-6/h15-16,41-43H,7-14,17-38H2,1-6H3. The van der Waals surface area contributed by atoms with Crippen molar-refractivity contribution in [1.82, 2.24) is 0 Å². The van der Waals surface area contributed by atoms with Gasteiger partial charge in [-0.3, -0.25) is 14.2 Å². The molecule has 0 radical (unpaired) electrons. The maximum Gasteiger partial charge on any atom is 0.313 e. The number of ketones is 2. The van der Waals surface area contributed by atoms with Gasteiger partial charge in [0.25, 0.3) is 5.79 Å². The lowest BCUT2D eigenvalue weighted by atomic mass is 10.0. The number of hydrogen-bond acceptors (Lipinski definition) is 9. The molecule has 0 bridgehead atoms. The van der Waals surface area contributed by atoms with Crippen LogP contribution in [0.3, 0.4) is 0 Å². The number of carbonyl (C=O) groups excluding carboxylic acids is 2. The van der Waals surface area contributed by atoms with Gasteiger partial charge in [0.2, 0.25) is 14.8 Å². The van der Waals surface area contributed by atoms with E-state index in [-0.39, 0.29) is 24.8 Å². The molecule has 0 amide bonds. The summed E-state index contributed by atoms with van der Waals surface area (Å²) >= 11 is 0. The summed E-state index contributed by atoms with van der Waals surface area (Å²) < 4.78 is 55.2. The van der Waals surface area contributed by atoms with E-state index in [1.165, 1.54) is 12.2 Å². The first kappa shape index (κ1) is 53.7. The minimum Gasteiger partial charge on any atom is -0.348 e. The lowest BCUT2D eigenvalue weighted by Crippen LogP contribution is -2.68. The van der Waals surface area contributed by atoms with Crippen LogP contribution in [0.1, 0.15) is 196 Å². The summed E-state index contributed by atoms with van der Waals surface area (Å²) in [5.74, 6) is -2.90. The molecular weight excluding hydrogens is 715 g/mol. The third-order valence-corrected chi connectivity index (χ3v) is 10.6. The summed E-state index contributed by atoms with van der Waals surface area (Å²) in [4.78, 5) is 27.4. The second kappa shape index (κ2) is 35.8. The first-order chi connectivity index (χ1) is 26.8. The fourth-order valence-electron chi connectivity index (χ4n) is 6.34. The molecule has 0 saturated heterocycles. The summed E-state index contributed by atoms with van der Waals surface area (Å²) in [7, 11) is -0.652. The van der Waals surface area contributed by atoms with Crippen LogP contribution in [0.15, 0.2) is 25.3 Å². The van der Waals surface area contributed by atoms with Gasteiger partial charge < -0.3 is 28.4 Å². The molecule has 0 aromatic rings. The third kappa shape index (κ3) is 21.9. The first-order valence-electron chi connectivity index (χ1n) is 22.3. The van der Waals surface area contributed by atoms with Crippen molar-refractivity contribution in [3.8, 4) is 0 Å². The third-order valence-electron chi connectivity index (χ3n) is 9.81. The monoisotopic (exact) mass is 799 g/mol. The molecule has 4 unspecified atom stereocenters. The van der Waals surface area contributed by atoms with E-state index in [9.17, 15) is 14.2 Å². The van der Waals surface area contributed by atoms with Gasteiger partial charge in [0.1, 0.15) is 12.2 Å². The van der Waals surface area contributed by atoms with Gasteiger partial charge >= 0.3 is 5.53 Å². The van der Waals surface area contributed by atoms with Crippen molar-refractivity contribution < 1.29 is 42.6 Å². The predicted octanol–water partition coefficient (Wildman–Crippen LogP) is 12.8. The minimum atomic E-state index is -2.26. The highest BCUT2D eigenvalue weighted by Gasteiger charge is 2.67. The van der Waals surface area contributed by atoms with Crippen LogP contribution < -0.4 is 0 Å². The van der Waals surface area contributed by atoms with Crippen molar-refractivity contribution in [3.63, 3.8) is 0 Å². The van der Waals surface area contributed by atoms with Gasteiger partial charge in [-0.15, -0.1) is 0 Å². The highest BCUT2D eigenvalue weighted by Crippen LogP contribution is 2.48. The van der Waals surface area contributed by atoms with Crippen molar-refractivity contribution in [3.05, 3.63) is 25.3 Å². The molecular formula is C45H83O9P. The van der Waals surface area contributed by atoms with E-state index in [4.69, 9.17) is 28.4 Å². The second-order valence-electron chi connectivity index (χ2n) is 14.8. The Morgan fingerprint density at radius 2 is 0.873 bits per heavy atom. The average molecular weight is 799 g/mol. The minimum absolute atomic E-state index is 0.138. The lowest BCUT2D eigenvalue weighted by Gasteiger charge is -2.49. The van der Waals surface area contributed by atoms with Crippen molar-refractivity contribution in [2.45, 2.75) is 225 Å². The molecule has 0 aliphatic carbocycles. The van der Waals surface area contributed by atoms with E-state index >= 15 is 0 Å². The van der Waals surface area contributed by atoms with Crippen LogP contribution >= 0.6 is 8.46 Å². The fraction of sp³-hybridized carbons (Fsp3) is 0.867. The Bertz CT molecular complexity index is 964. The number of carbonyl (C=O) groups is 2. The van der Waals surface area contributed by atoms with Gasteiger partial charge in [0.15, 0.2) is 11.6 Å². The largest absolute Gasteiger partial charge is 0.348 e. The Labute approximate surface area is 339 Å². The Kier molecular flexibility index (Phi) is 35.0. The van der Waals surface area contributed by atoms with Gasteiger partial charge in [-0.2, -0.15) is 0 Å². The molecule has 0 N–H and O–H groups in total. The molecule has 0 aromatic carbocycles. The van der Waals surface area contributed by atoms with Gasteiger partial charge in [-0.05, 0) is 50.7 Å². The molecule has 322 valence electrons. The van der Waals surface area contributed by atoms with Crippen LogP contribution in [0.4, 0.5) is 0 Å². The summed E-state index contributed by atoms with van der Waals surface area (Å²) in [6.07, 6.45) is 19.4. The van der Waals surface area contributed by atoms with Gasteiger partial charge in [0, 0.05) is 13.2 Å². The Morgan fingerprint density at radius 1 is 0.509 bits per heavy atom. The molecule has 4 atom stereocenters. The number of rotatable bonds is 43. The zero-order valence-electron chi connectivity index (χ0n) is 36.2.